The molecule has 0 aromatic heterocycles. The first-order valence-electron chi connectivity index (χ1n) is 9.29. The number of rotatable bonds is 5. The Bertz CT molecular complexity index is 903. The number of hydrogen-bond acceptors (Lipinski definition) is 3. The average Bonchev–Trinajstić information content (AvgIpc) is 3.12. The molecule has 0 saturated carbocycles. The zero-order chi connectivity index (χ0) is 19.2. The number of hydrogen-bond donors (Lipinski definition) is 1. The van der Waals surface area contributed by atoms with Crippen LogP contribution in [0.1, 0.15) is 54.9 Å². The lowest BCUT2D eigenvalue weighted by Crippen LogP contribution is -2.25. The van der Waals surface area contributed by atoms with Crippen LogP contribution < -0.4 is 9.47 Å². The van der Waals surface area contributed by atoms with Crippen molar-refractivity contribution >= 4 is 5.97 Å². The molecule has 0 amide bonds. The molecule has 1 atom stereocenters. The van der Waals surface area contributed by atoms with Gasteiger partial charge in [-0.05, 0) is 67.5 Å². The van der Waals surface area contributed by atoms with Gasteiger partial charge in [-0.25, -0.2) is 4.39 Å². The number of aryl methyl sites for hydroxylation is 1. The molecule has 2 aromatic carbocycles. The fraction of sp³-hybridized carbons (Fsp3) is 0.409. The third-order valence-corrected chi connectivity index (χ3v) is 5.40. The van der Waals surface area contributed by atoms with Gasteiger partial charge in [0.05, 0.1) is 12.0 Å². The second kappa shape index (κ2) is 6.55. The molecule has 1 heterocycles. The van der Waals surface area contributed by atoms with Crippen molar-refractivity contribution in [2.45, 2.75) is 57.7 Å². The van der Waals surface area contributed by atoms with Crippen LogP contribution in [0.5, 0.6) is 11.5 Å². The number of halogens is 1. The Labute approximate surface area is 157 Å². The Morgan fingerprint density at radius 2 is 2.11 bits per heavy atom. The van der Waals surface area contributed by atoms with Crippen molar-refractivity contribution in [2.75, 3.05) is 0 Å². The number of carbonyl (C=O) groups is 1. The van der Waals surface area contributed by atoms with Gasteiger partial charge in [-0.3, -0.25) is 4.79 Å². The van der Waals surface area contributed by atoms with E-state index < -0.39 is 5.97 Å². The maximum atomic E-state index is 14.4. The number of carboxylic acids is 1. The smallest absolute Gasteiger partial charge is 0.303 e. The number of fused-ring (bicyclic) bond motifs is 2. The van der Waals surface area contributed by atoms with Gasteiger partial charge in [0.15, 0.2) is 0 Å². The SMILES string of the molecule is CC1(C)Cc2ccc(F)c(COc3ccc4c(c3)CC[C@@H]4CC(=O)O)c2O1. The van der Waals surface area contributed by atoms with E-state index >= 15 is 0 Å². The molecule has 0 saturated heterocycles. The maximum absolute atomic E-state index is 14.4. The van der Waals surface area contributed by atoms with Crippen LogP contribution in [0.4, 0.5) is 4.39 Å². The molecule has 4 nitrogen and oxygen atoms in total. The molecule has 0 fully saturated rings. The van der Waals surface area contributed by atoms with Gasteiger partial charge in [0.25, 0.3) is 0 Å². The Hall–Kier alpha value is -2.56. The number of ether oxygens (including phenoxy) is 2. The minimum atomic E-state index is -0.774. The lowest BCUT2D eigenvalue weighted by molar-refractivity contribution is -0.137. The Morgan fingerprint density at radius 1 is 1.30 bits per heavy atom. The van der Waals surface area contributed by atoms with E-state index in [0.29, 0.717) is 17.1 Å². The molecule has 1 N–H and O–H groups in total. The van der Waals surface area contributed by atoms with Crippen molar-refractivity contribution < 1.29 is 23.8 Å². The van der Waals surface area contributed by atoms with Crippen molar-refractivity contribution in [1.82, 2.24) is 0 Å². The predicted octanol–water partition coefficient (Wildman–Crippen LogP) is 4.62. The molecule has 27 heavy (non-hydrogen) atoms. The van der Waals surface area contributed by atoms with E-state index in [4.69, 9.17) is 14.6 Å². The third kappa shape index (κ3) is 3.51. The molecule has 0 bridgehead atoms. The van der Waals surface area contributed by atoms with Crippen molar-refractivity contribution in [3.05, 3.63) is 58.4 Å². The normalized spacial score (nSPS) is 19.3. The number of benzene rings is 2. The van der Waals surface area contributed by atoms with E-state index in [-0.39, 0.29) is 30.4 Å². The van der Waals surface area contributed by atoms with E-state index in [0.717, 1.165) is 36.0 Å². The number of aliphatic carboxylic acids is 1. The second-order valence-electron chi connectivity index (χ2n) is 8.04. The first kappa shape index (κ1) is 17.8. The van der Waals surface area contributed by atoms with Gasteiger partial charge in [0.2, 0.25) is 0 Å². The Balaban J connectivity index is 1.51. The fourth-order valence-electron chi connectivity index (χ4n) is 4.17. The highest BCUT2D eigenvalue weighted by Gasteiger charge is 2.33. The van der Waals surface area contributed by atoms with Gasteiger partial charge in [-0.15, -0.1) is 0 Å². The van der Waals surface area contributed by atoms with E-state index in [1.165, 1.54) is 6.07 Å². The van der Waals surface area contributed by atoms with Crippen molar-refractivity contribution in [2.24, 2.45) is 0 Å². The van der Waals surface area contributed by atoms with Crippen LogP contribution in [0.2, 0.25) is 0 Å². The standard InChI is InChI=1S/C22H23FO4/c1-22(2)11-15-5-8-19(23)18(21(15)27-22)12-26-16-6-7-17-13(9-16)3-4-14(17)10-20(24)25/h5-9,14H,3-4,10-12H2,1-2H3,(H,24,25)/t14-/m1/s1. The van der Waals surface area contributed by atoms with Crippen molar-refractivity contribution in [3.63, 3.8) is 0 Å². The minimum absolute atomic E-state index is 0.0667. The number of carboxylic acid groups (broad SMARTS) is 1. The summed E-state index contributed by atoms with van der Waals surface area (Å²) in [5.41, 5.74) is 3.32. The summed E-state index contributed by atoms with van der Waals surface area (Å²) >= 11 is 0. The minimum Gasteiger partial charge on any atom is -0.489 e. The predicted molar refractivity (Wildman–Crippen MR) is 98.9 cm³/mol. The quantitative estimate of drug-likeness (QED) is 0.834. The van der Waals surface area contributed by atoms with Crippen molar-refractivity contribution in [1.29, 1.82) is 0 Å². The van der Waals surface area contributed by atoms with Gasteiger partial charge in [0, 0.05) is 6.42 Å². The van der Waals surface area contributed by atoms with Crippen LogP contribution in [0, 0.1) is 5.82 Å². The van der Waals surface area contributed by atoms with E-state index in [1.54, 1.807) is 6.07 Å². The van der Waals surface area contributed by atoms with Gasteiger partial charge in [-0.1, -0.05) is 12.1 Å². The lowest BCUT2D eigenvalue weighted by Gasteiger charge is -2.18. The molecule has 0 spiro atoms. The molecular weight excluding hydrogens is 347 g/mol. The van der Waals surface area contributed by atoms with E-state index in [2.05, 4.69) is 0 Å². The van der Waals surface area contributed by atoms with E-state index in [1.807, 2.05) is 32.0 Å². The lowest BCUT2D eigenvalue weighted by atomic mass is 9.98. The Morgan fingerprint density at radius 3 is 2.89 bits per heavy atom. The zero-order valence-corrected chi connectivity index (χ0v) is 15.5. The fourth-order valence-corrected chi connectivity index (χ4v) is 4.17. The van der Waals surface area contributed by atoms with Gasteiger partial charge < -0.3 is 14.6 Å². The van der Waals surface area contributed by atoms with Gasteiger partial charge in [0.1, 0.15) is 29.5 Å². The first-order chi connectivity index (χ1) is 12.8. The van der Waals surface area contributed by atoms with Crippen molar-refractivity contribution in [3.8, 4) is 11.5 Å². The molecule has 1 aliphatic heterocycles. The largest absolute Gasteiger partial charge is 0.489 e. The van der Waals surface area contributed by atoms with Crippen LogP contribution in [-0.2, 0) is 24.2 Å². The molecule has 0 radical (unpaired) electrons. The average molecular weight is 370 g/mol. The summed E-state index contributed by atoms with van der Waals surface area (Å²) in [6.07, 6.45) is 2.59. The summed E-state index contributed by atoms with van der Waals surface area (Å²) in [6, 6.07) is 8.98. The maximum Gasteiger partial charge on any atom is 0.303 e. The van der Waals surface area contributed by atoms with Crippen LogP contribution in [0.3, 0.4) is 0 Å². The molecular formula is C22H23FO4. The molecule has 4 rings (SSSR count). The van der Waals surface area contributed by atoms with Crippen LogP contribution in [-0.4, -0.2) is 16.7 Å². The van der Waals surface area contributed by atoms with Crippen LogP contribution in [0.25, 0.3) is 0 Å². The highest BCUT2D eigenvalue weighted by atomic mass is 19.1. The summed E-state index contributed by atoms with van der Waals surface area (Å²) in [7, 11) is 0. The Kier molecular flexibility index (Phi) is 4.33. The molecule has 5 heteroatoms. The monoisotopic (exact) mass is 370 g/mol. The molecule has 142 valence electrons. The highest BCUT2D eigenvalue weighted by Crippen LogP contribution is 2.40. The molecule has 2 aliphatic rings. The second-order valence-corrected chi connectivity index (χ2v) is 8.04. The third-order valence-electron chi connectivity index (χ3n) is 5.40. The summed E-state index contributed by atoms with van der Waals surface area (Å²) in [5.74, 6) is 0.234. The highest BCUT2D eigenvalue weighted by molar-refractivity contribution is 5.68. The van der Waals surface area contributed by atoms with Crippen LogP contribution >= 0.6 is 0 Å². The molecule has 0 unspecified atom stereocenters. The van der Waals surface area contributed by atoms with Gasteiger partial charge in [-0.2, -0.15) is 0 Å². The molecule has 1 aliphatic carbocycles. The summed E-state index contributed by atoms with van der Waals surface area (Å²) in [6.45, 7) is 4.08. The summed E-state index contributed by atoms with van der Waals surface area (Å²) in [4.78, 5) is 11.0. The zero-order valence-electron chi connectivity index (χ0n) is 15.5. The summed E-state index contributed by atoms with van der Waals surface area (Å²) < 4.78 is 26.2. The topological polar surface area (TPSA) is 55.8 Å². The van der Waals surface area contributed by atoms with Gasteiger partial charge >= 0.3 is 5.97 Å². The first-order valence-corrected chi connectivity index (χ1v) is 9.29. The van der Waals surface area contributed by atoms with E-state index in [9.17, 15) is 9.18 Å². The van der Waals surface area contributed by atoms with Crippen LogP contribution in [0.15, 0.2) is 30.3 Å². The summed E-state index contributed by atoms with van der Waals surface area (Å²) in [5, 5.41) is 9.03. The molecule has 2 aromatic rings.